The van der Waals surface area contributed by atoms with Gasteiger partial charge in [0.15, 0.2) is 0 Å². The van der Waals surface area contributed by atoms with Gasteiger partial charge in [-0.1, -0.05) is 274 Å². The number of benzene rings is 6. The molecule has 4 heterocycles. The van der Waals surface area contributed by atoms with E-state index in [-0.39, 0.29) is 6.10 Å². The predicted octanol–water partition coefficient (Wildman–Crippen LogP) is 21.4. The van der Waals surface area contributed by atoms with Crippen molar-refractivity contribution in [2.24, 2.45) is 0 Å². The maximum atomic E-state index is 5.78. The molecule has 2 nitrogen and oxygen atoms in total. The highest BCUT2D eigenvalue weighted by atomic mass is 32.2. The van der Waals surface area contributed by atoms with Gasteiger partial charge in [0.2, 0.25) is 0 Å². The molecule has 6 aromatic rings. The SMILES string of the molecule is C1=CC2Oc3ccccc3C2C=C1.C1=CC2Sc3ccccc3C2C=C1.CC.CC.CC.CC.CC.CC.CC.CC.c1ccc2c(c1)Cc1ccccc1O2.c1ccc2c(c1)Cc1ccccc1S2. The van der Waals surface area contributed by atoms with Gasteiger partial charge in [0.05, 0.1) is 0 Å². The fourth-order valence-electron chi connectivity index (χ4n) is 7.62. The summed E-state index contributed by atoms with van der Waals surface area (Å²) in [7, 11) is 0. The van der Waals surface area contributed by atoms with E-state index in [1.807, 2.05) is 177 Å². The second-order valence-corrected chi connectivity index (χ2v) is 16.1. The first-order valence-electron chi connectivity index (χ1n) is 26.7. The van der Waals surface area contributed by atoms with Crippen molar-refractivity contribution in [1.82, 2.24) is 0 Å². The molecule has 6 aromatic carbocycles. The summed E-state index contributed by atoms with van der Waals surface area (Å²) in [6, 6.07) is 50.7. The summed E-state index contributed by atoms with van der Waals surface area (Å²) in [6.45, 7) is 32.0. The summed E-state index contributed by atoms with van der Waals surface area (Å²) in [5.74, 6) is 4.07. The van der Waals surface area contributed by atoms with Gasteiger partial charge in [0.1, 0.15) is 23.4 Å². The van der Waals surface area contributed by atoms with Crippen molar-refractivity contribution in [3.63, 3.8) is 0 Å². The van der Waals surface area contributed by atoms with Crippen LogP contribution in [0.4, 0.5) is 0 Å². The lowest BCUT2D eigenvalue weighted by Crippen LogP contribution is -2.15. The van der Waals surface area contributed by atoms with E-state index < -0.39 is 0 Å². The lowest BCUT2D eigenvalue weighted by molar-refractivity contribution is 0.269. The predicted molar refractivity (Wildman–Crippen MR) is 315 cm³/mol. The smallest absolute Gasteiger partial charge is 0.130 e. The zero-order chi connectivity index (χ0) is 52.1. The number of hydrogen-bond donors (Lipinski definition) is 0. The molecule has 0 fully saturated rings. The van der Waals surface area contributed by atoms with Gasteiger partial charge in [0.25, 0.3) is 0 Å². The third-order valence-corrected chi connectivity index (χ3v) is 12.9. The number of allylic oxidation sites excluding steroid dienone is 5. The molecule has 0 saturated carbocycles. The maximum absolute atomic E-state index is 5.78. The standard InChI is InChI=1S/C13H10O.C13H10S.C12H10O.C12H10S.8C2H6/c2*1-3-7-12-10(5-1)9-11-6-2-4-8-13(11)14-12;2*1-3-7-11-9(5-1)10-6-2-4-8-12(10)13-11;8*1-2/h2*1-8H,9H2;2*1-9,11H;8*1-2H3. The fraction of sp³-hybridized carbons (Fsp3) is 0.333. The zero-order valence-corrected chi connectivity index (χ0v) is 47.5. The molecular formula is C66H88O2S2. The van der Waals surface area contributed by atoms with Crippen molar-refractivity contribution in [2.75, 3.05) is 0 Å². The number of hydrogen-bond acceptors (Lipinski definition) is 4. The van der Waals surface area contributed by atoms with Crippen LogP contribution in [0.3, 0.4) is 0 Å². The molecule has 4 aliphatic heterocycles. The fourth-order valence-corrected chi connectivity index (χ4v) is 10.0. The summed E-state index contributed by atoms with van der Waals surface area (Å²) >= 11 is 3.86. The van der Waals surface area contributed by atoms with Crippen LogP contribution >= 0.6 is 23.5 Å². The minimum atomic E-state index is 0.224. The van der Waals surface area contributed by atoms with E-state index >= 15 is 0 Å². The average Bonchev–Trinajstić information content (AvgIpc) is 4.05. The largest absolute Gasteiger partial charge is 0.485 e. The van der Waals surface area contributed by atoms with Gasteiger partial charge in [-0.15, -0.1) is 11.8 Å². The minimum absolute atomic E-state index is 0.224. The molecule has 0 saturated heterocycles. The Morgan fingerprint density at radius 3 is 1.24 bits per heavy atom. The van der Waals surface area contributed by atoms with Crippen LogP contribution in [0, 0.1) is 0 Å². The second kappa shape index (κ2) is 38.3. The lowest BCUT2D eigenvalue weighted by atomic mass is 9.92. The van der Waals surface area contributed by atoms with Crippen LogP contribution in [0.5, 0.6) is 17.2 Å². The summed E-state index contributed by atoms with van der Waals surface area (Å²) in [4.78, 5) is 4.27. The summed E-state index contributed by atoms with van der Waals surface area (Å²) in [5, 5.41) is 0.641. The first-order valence-corrected chi connectivity index (χ1v) is 28.3. The third kappa shape index (κ3) is 18.1. The Morgan fingerprint density at radius 1 is 0.343 bits per heavy atom. The van der Waals surface area contributed by atoms with Crippen LogP contribution in [0.1, 0.15) is 156 Å². The van der Waals surface area contributed by atoms with E-state index in [1.165, 1.54) is 48.1 Å². The molecule has 0 radical (unpaired) electrons. The Balaban J connectivity index is 0.000000425. The van der Waals surface area contributed by atoms with Gasteiger partial charge < -0.3 is 9.47 Å². The van der Waals surface area contributed by atoms with Crippen LogP contribution in [0.2, 0.25) is 0 Å². The molecule has 4 unspecified atom stereocenters. The molecule has 2 aliphatic carbocycles. The van der Waals surface area contributed by atoms with Crippen LogP contribution in [-0.4, -0.2) is 11.4 Å². The Hall–Kier alpha value is -5.42. The Labute approximate surface area is 436 Å². The monoisotopic (exact) mass is 977 g/mol. The minimum Gasteiger partial charge on any atom is -0.485 e. The van der Waals surface area contributed by atoms with E-state index in [4.69, 9.17) is 9.47 Å². The van der Waals surface area contributed by atoms with E-state index in [9.17, 15) is 0 Å². The van der Waals surface area contributed by atoms with Crippen molar-refractivity contribution < 1.29 is 9.47 Å². The summed E-state index contributed by atoms with van der Waals surface area (Å²) in [6.07, 6.45) is 19.7. The molecule has 0 N–H and O–H groups in total. The highest BCUT2D eigenvalue weighted by molar-refractivity contribution is 8.00. The van der Waals surface area contributed by atoms with Crippen LogP contribution < -0.4 is 9.47 Å². The second-order valence-electron chi connectivity index (χ2n) is 13.8. The Morgan fingerprint density at radius 2 is 0.714 bits per heavy atom. The maximum Gasteiger partial charge on any atom is 0.130 e. The van der Waals surface area contributed by atoms with E-state index in [1.54, 1.807) is 0 Å². The average molecular weight is 978 g/mol. The molecule has 6 aliphatic rings. The van der Waals surface area contributed by atoms with Crippen LogP contribution in [-0.2, 0) is 12.8 Å². The van der Waals surface area contributed by atoms with Crippen molar-refractivity contribution in [2.45, 2.75) is 161 Å². The molecule has 376 valence electrons. The normalized spacial score (nSPS) is 16.3. The third-order valence-electron chi connectivity index (χ3n) is 10.3. The van der Waals surface area contributed by atoms with Gasteiger partial charge in [-0.3, -0.25) is 0 Å². The number of para-hydroxylation sites is 3. The number of ether oxygens (including phenoxy) is 2. The summed E-state index contributed by atoms with van der Waals surface area (Å²) < 4.78 is 11.6. The molecule has 4 atom stereocenters. The Kier molecular flexibility index (Phi) is 34.3. The van der Waals surface area contributed by atoms with Gasteiger partial charge in [-0.25, -0.2) is 0 Å². The lowest BCUT2D eigenvalue weighted by Gasteiger charge is -2.19. The van der Waals surface area contributed by atoms with Crippen LogP contribution in [0.15, 0.2) is 209 Å². The first kappa shape index (κ1) is 62.6. The molecule has 12 rings (SSSR count). The molecule has 0 aromatic heterocycles. The topological polar surface area (TPSA) is 18.5 Å². The van der Waals surface area contributed by atoms with Gasteiger partial charge in [0, 0.05) is 43.8 Å². The van der Waals surface area contributed by atoms with Gasteiger partial charge in [-0.05, 0) is 76.7 Å². The first-order chi connectivity index (χ1) is 34.8. The van der Waals surface area contributed by atoms with Crippen molar-refractivity contribution in [3.05, 3.63) is 228 Å². The summed E-state index contributed by atoms with van der Waals surface area (Å²) in [5.41, 5.74) is 8.26. The molecule has 4 heteroatoms. The Bertz CT molecular complexity index is 2060. The highest BCUT2D eigenvalue weighted by Crippen LogP contribution is 2.47. The van der Waals surface area contributed by atoms with E-state index in [0.717, 1.165) is 30.1 Å². The van der Waals surface area contributed by atoms with Crippen molar-refractivity contribution >= 4 is 23.5 Å². The molecule has 0 bridgehead atoms. The molecule has 0 amide bonds. The van der Waals surface area contributed by atoms with Gasteiger partial charge in [-0.2, -0.15) is 0 Å². The van der Waals surface area contributed by atoms with Crippen LogP contribution in [0.25, 0.3) is 0 Å². The van der Waals surface area contributed by atoms with Gasteiger partial charge >= 0.3 is 0 Å². The molecule has 0 spiro atoms. The zero-order valence-electron chi connectivity index (χ0n) is 45.8. The van der Waals surface area contributed by atoms with Crippen molar-refractivity contribution in [3.8, 4) is 17.2 Å². The molecule has 70 heavy (non-hydrogen) atoms. The van der Waals surface area contributed by atoms with E-state index in [0.29, 0.717) is 17.1 Å². The number of thioether (sulfide) groups is 1. The number of rotatable bonds is 0. The molecular weight excluding hydrogens is 889 g/mol. The van der Waals surface area contributed by atoms with Crippen molar-refractivity contribution in [1.29, 1.82) is 0 Å². The van der Waals surface area contributed by atoms with E-state index in [2.05, 4.69) is 152 Å². The highest BCUT2D eigenvalue weighted by Gasteiger charge is 2.31. The number of fused-ring (bicyclic) bond motifs is 10. The quantitative estimate of drug-likeness (QED) is 0.151.